The van der Waals surface area contributed by atoms with Gasteiger partial charge in [0.15, 0.2) is 0 Å². The van der Waals surface area contributed by atoms with Crippen molar-refractivity contribution in [3.05, 3.63) is 98.0 Å². The zero-order chi connectivity index (χ0) is 30.2. The van der Waals surface area contributed by atoms with E-state index in [0.29, 0.717) is 33.7 Å². The predicted octanol–water partition coefficient (Wildman–Crippen LogP) is 7.01. The fraction of sp³-hybridized carbons (Fsp3) is 0.406. The Balaban J connectivity index is 1.29. The van der Waals surface area contributed by atoms with Crippen molar-refractivity contribution >= 4 is 56.4 Å². The highest BCUT2D eigenvalue weighted by atomic mass is 35.5. The number of piperidine rings is 1. The lowest BCUT2D eigenvalue weighted by Gasteiger charge is -2.40. The highest BCUT2D eigenvalue weighted by molar-refractivity contribution is 7.92. The molecule has 1 unspecified atom stereocenters. The topological polar surface area (TPSA) is 60.9 Å². The molecule has 42 heavy (non-hydrogen) atoms. The van der Waals surface area contributed by atoms with E-state index >= 15 is 0 Å². The summed E-state index contributed by atoms with van der Waals surface area (Å²) >= 11 is 19.0. The van der Waals surface area contributed by atoms with Crippen LogP contribution in [0.25, 0.3) is 0 Å². The molecule has 1 amide bonds. The number of rotatable bonds is 8. The van der Waals surface area contributed by atoms with Gasteiger partial charge in [0, 0.05) is 42.1 Å². The van der Waals surface area contributed by atoms with E-state index in [1.807, 2.05) is 68.6 Å². The fourth-order valence-corrected chi connectivity index (χ4v) is 7.88. The van der Waals surface area contributed by atoms with Gasteiger partial charge < -0.3 is 9.80 Å². The SMILES string of the molecule is Cc1cccc(C(=O)N(C)CC(CCN2CCC3(CC2)CN(S(C)(=O)=O)c2ccc(Cl)cc23)c2ccc(Cl)c(Cl)c2)c1. The number of likely N-dealkylation sites (N-methyl/N-ethyl adjacent to an activating group) is 1. The van der Waals surface area contributed by atoms with E-state index in [-0.39, 0.29) is 17.2 Å². The Kier molecular flexibility index (Phi) is 9.17. The Hall–Kier alpha value is -2.29. The largest absolute Gasteiger partial charge is 0.341 e. The lowest BCUT2D eigenvalue weighted by Crippen LogP contribution is -2.46. The molecule has 0 radical (unpaired) electrons. The van der Waals surface area contributed by atoms with E-state index in [4.69, 9.17) is 34.8 Å². The summed E-state index contributed by atoms with van der Waals surface area (Å²) < 4.78 is 26.8. The second-order valence-electron chi connectivity index (χ2n) is 11.8. The highest BCUT2D eigenvalue weighted by Gasteiger charge is 2.47. The van der Waals surface area contributed by atoms with Gasteiger partial charge in [-0.3, -0.25) is 9.10 Å². The van der Waals surface area contributed by atoms with Crippen molar-refractivity contribution in [2.75, 3.05) is 50.3 Å². The molecule has 3 aromatic carbocycles. The highest BCUT2D eigenvalue weighted by Crippen LogP contribution is 2.48. The van der Waals surface area contributed by atoms with Crippen molar-refractivity contribution in [3.8, 4) is 0 Å². The number of sulfonamides is 1. The third-order valence-electron chi connectivity index (χ3n) is 8.77. The minimum Gasteiger partial charge on any atom is -0.341 e. The number of hydrogen-bond acceptors (Lipinski definition) is 4. The first-order valence-corrected chi connectivity index (χ1v) is 17.1. The maximum Gasteiger partial charge on any atom is 0.253 e. The van der Waals surface area contributed by atoms with Crippen LogP contribution in [0.2, 0.25) is 15.1 Å². The molecule has 0 aliphatic carbocycles. The molecule has 2 aliphatic heterocycles. The molecule has 1 spiro atoms. The molecular formula is C32H36Cl3N3O3S. The molecule has 3 aromatic rings. The van der Waals surface area contributed by atoms with Crippen LogP contribution < -0.4 is 4.31 Å². The molecule has 0 aromatic heterocycles. The van der Waals surface area contributed by atoms with Gasteiger partial charge in [-0.1, -0.05) is 58.6 Å². The van der Waals surface area contributed by atoms with Gasteiger partial charge in [0.25, 0.3) is 5.91 Å². The van der Waals surface area contributed by atoms with Gasteiger partial charge in [-0.05, 0) is 99.4 Å². The van der Waals surface area contributed by atoms with E-state index in [2.05, 4.69) is 4.90 Å². The van der Waals surface area contributed by atoms with Gasteiger partial charge in [0.1, 0.15) is 0 Å². The Morgan fingerprint density at radius 2 is 1.74 bits per heavy atom. The van der Waals surface area contributed by atoms with Gasteiger partial charge in [-0.25, -0.2) is 8.42 Å². The number of hydrogen-bond donors (Lipinski definition) is 0. The van der Waals surface area contributed by atoms with Crippen LogP contribution in [0.15, 0.2) is 60.7 Å². The molecule has 5 rings (SSSR count). The summed E-state index contributed by atoms with van der Waals surface area (Å²) in [6.45, 7) is 5.50. The van der Waals surface area contributed by atoms with Gasteiger partial charge in [0.2, 0.25) is 10.0 Å². The number of anilines is 1. The summed E-state index contributed by atoms with van der Waals surface area (Å²) in [5.41, 5.74) is 4.30. The van der Waals surface area contributed by atoms with E-state index in [1.54, 1.807) is 11.0 Å². The molecule has 1 saturated heterocycles. The number of carbonyl (C=O) groups excluding carboxylic acids is 1. The normalized spacial score (nSPS) is 17.3. The van der Waals surface area contributed by atoms with Crippen molar-refractivity contribution in [3.63, 3.8) is 0 Å². The first kappa shape index (κ1) is 31.1. The lowest BCUT2D eigenvalue weighted by atomic mass is 9.74. The number of aryl methyl sites for hydroxylation is 1. The average molecular weight is 649 g/mol. The van der Waals surface area contributed by atoms with E-state index in [0.717, 1.165) is 61.3 Å². The molecule has 1 atom stereocenters. The van der Waals surface area contributed by atoms with Crippen LogP contribution in [0, 0.1) is 6.92 Å². The van der Waals surface area contributed by atoms with Crippen molar-refractivity contribution in [1.82, 2.24) is 9.80 Å². The van der Waals surface area contributed by atoms with Crippen molar-refractivity contribution < 1.29 is 13.2 Å². The number of benzene rings is 3. The summed E-state index contributed by atoms with van der Waals surface area (Å²) in [4.78, 5) is 17.5. The maximum absolute atomic E-state index is 13.3. The molecular weight excluding hydrogens is 613 g/mol. The third kappa shape index (κ3) is 6.61. The summed E-state index contributed by atoms with van der Waals surface area (Å²) in [6.07, 6.45) is 3.78. The minimum atomic E-state index is -3.39. The summed E-state index contributed by atoms with van der Waals surface area (Å²) in [7, 11) is -1.55. The van der Waals surface area contributed by atoms with Gasteiger partial charge in [0.05, 0.1) is 22.0 Å². The van der Waals surface area contributed by atoms with Gasteiger partial charge >= 0.3 is 0 Å². The number of amides is 1. The second-order valence-corrected chi connectivity index (χ2v) is 14.9. The fourth-order valence-electron chi connectivity index (χ4n) is 6.40. The quantitative estimate of drug-likeness (QED) is 0.264. The molecule has 1 fully saturated rings. The standard InChI is InChI=1S/C32H36Cl3N3O3S/c1-22-5-4-6-24(17-22)31(39)36(2)20-25(23-7-9-28(34)29(35)18-23)11-14-37-15-12-32(13-16-37)21-38(42(3,40)41)30-10-8-26(33)19-27(30)32/h4-10,17-19,25H,11-16,20-21H2,1-3H3. The molecule has 10 heteroatoms. The van der Waals surface area contributed by atoms with E-state index in [9.17, 15) is 13.2 Å². The third-order valence-corrected chi connectivity index (χ3v) is 10.9. The van der Waals surface area contributed by atoms with Crippen LogP contribution in [-0.2, 0) is 15.4 Å². The monoisotopic (exact) mass is 647 g/mol. The molecule has 2 aliphatic rings. The van der Waals surface area contributed by atoms with Crippen molar-refractivity contribution in [2.24, 2.45) is 0 Å². The van der Waals surface area contributed by atoms with E-state index < -0.39 is 10.0 Å². The average Bonchev–Trinajstić information content (AvgIpc) is 3.26. The molecule has 224 valence electrons. The lowest BCUT2D eigenvalue weighted by molar-refractivity contribution is 0.0780. The Morgan fingerprint density at radius 1 is 1.00 bits per heavy atom. The zero-order valence-corrected chi connectivity index (χ0v) is 27.2. The van der Waals surface area contributed by atoms with Crippen LogP contribution in [0.5, 0.6) is 0 Å². The second kappa shape index (κ2) is 12.4. The first-order valence-electron chi connectivity index (χ1n) is 14.1. The van der Waals surface area contributed by atoms with Crippen molar-refractivity contribution in [2.45, 2.75) is 37.5 Å². The molecule has 6 nitrogen and oxygen atoms in total. The van der Waals surface area contributed by atoms with Crippen LogP contribution in [0.4, 0.5) is 5.69 Å². The van der Waals surface area contributed by atoms with Crippen LogP contribution in [0.1, 0.15) is 52.2 Å². The molecule has 2 heterocycles. The van der Waals surface area contributed by atoms with Crippen LogP contribution >= 0.6 is 34.8 Å². The maximum atomic E-state index is 13.3. The zero-order valence-electron chi connectivity index (χ0n) is 24.1. The van der Waals surface area contributed by atoms with Gasteiger partial charge in [-0.2, -0.15) is 0 Å². The van der Waals surface area contributed by atoms with Gasteiger partial charge in [-0.15, -0.1) is 0 Å². The minimum absolute atomic E-state index is 0.0161. The smallest absolute Gasteiger partial charge is 0.253 e. The number of fused-ring (bicyclic) bond motifs is 2. The van der Waals surface area contributed by atoms with Crippen molar-refractivity contribution in [1.29, 1.82) is 0 Å². The number of likely N-dealkylation sites (tertiary alicyclic amines) is 1. The Labute approximate surface area is 264 Å². The molecule has 0 saturated carbocycles. The van der Waals surface area contributed by atoms with Crippen LogP contribution in [-0.4, -0.2) is 70.2 Å². The van der Waals surface area contributed by atoms with E-state index in [1.165, 1.54) is 10.6 Å². The predicted molar refractivity (Wildman–Crippen MR) is 173 cm³/mol. The Bertz CT molecular complexity index is 1590. The summed E-state index contributed by atoms with van der Waals surface area (Å²) in [6, 6.07) is 18.9. The molecule has 0 N–H and O–H groups in total. The number of nitrogens with zero attached hydrogens (tertiary/aromatic N) is 3. The molecule has 0 bridgehead atoms. The Morgan fingerprint density at radius 3 is 2.40 bits per heavy atom. The van der Waals surface area contributed by atoms with Crippen LogP contribution in [0.3, 0.4) is 0 Å². The number of carbonyl (C=O) groups is 1. The number of halogens is 3. The summed E-state index contributed by atoms with van der Waals surface area (Å²) in [5, 5.41) is 1.63. The first-order chi connectivity index (χ1) is 19.9. The summed E-state index contributed by atoms with van der Waals surface area (Å²) in [5.74, 6) is 0.0406.